The molecule has 0 amide bonds. The van der Waals surface area contributed by atoms with Crippen molar-refractivity contribution in [2.24, 2.45) is 17.8 Å². The predicted octanol–water partition coefficient (Wildman–Crippen LogP) is 8.80. The van der Waals surface area contributed by atoms with E-state index in [-0.39, 0.29) is 24.8 Å². The molecule has 0 N–H and O–H groups in total. The molecule has 3 unspecified atom stereocenters. The molecular formula is C31H55ClO4. The third kappa shape index (κ3) is 10.6. The predicted molar refractivity (Wildman–Crippen MR) is 149 cm³/mol. The average Bonchev–Trinajstić information content (AvgIpc) is 3.24. The third-order valence-corrected chi connectivity index (χ3v) is 8.87. The summed E-state index contributed by atoms with van der Waals surface area (Å²) < 4.78 is 25.1. The van der Waals surface area contributed by atoms with Gasteiger partial charge in [0.25, 0.3) is 0 Å². The molecule has 3 aliphatic rings. The van der Waals surface area contributed by atoms with Crippen molar-refractivity contribution in [3.63, 3.8) is 0 Å². The number of halogens is 1. The van der Waals surface area contributed by atoms with Crippen LogP contribution in [0, 0.1) is 17.8 Å². The van der Waals surface area contributed by atoms with Gasteiger partial charge in [0.15, 0.2) is 12.6 Å². The van der Waals surface area contributed by atoms with E-state index in [2.05, 4.69) is 26.0 Å². The average molecular weight is 527 g/mol. The van der Waals surface area contributed by atoms with Gasteiger partial charge in [0.05, 0.1) is 12.2 Å². The van der Waals surface area contributed by atoms with Crippen LogP contribution in [0.2, 0.25) is 0 Å². The van der Waals surface area contributed by atoms with Gasteiger partial charge in [-0.2, -0.15) is 0 Å². The van der Waals surface area contributed by atoms with Crippen LogP contribution < -0.4 is 0 Å². The van der Waals surface area contributed by atoms with E-state index in [1.807, 2.05) is 0 Å². The maximum absolute atomic E-state index is 6.66. The summed E-state index contributed by atoms with van der Waals surface area (Å²) >= 11 is 6.56. The van der Waals surface area contributed by atoms with Crippen LogP contribution in [0.4, 0.5) is 0 Å². The molecule has 3 rings (SSSR count). The van der Waals surface area contributed by atoms with E-state index in [9.17, 15) is 0 Å². The van der Waals surface area contributed by atoms with E-state index in [1.54, 1.807) is 0 Å². The Bertz CT molecular complexity index is 573. The lowest BCUT2D eigenvalue weighted by Crippen LogP contribution is -2.31. The molecule has 2 aliphatic heterocycles. The second kappa shape index (κ2) is 18.2. The Morgan fingerprint density at radius 1 is 0.861 bits per heavy atom. The highest BCUT2D eigenvalue weighted by Gasteiger charge is 2.43. The first-order chi connectivity index (χ1) is 17.7. The van der Waals surface area contributed by atoms with Crippen LogP contribution in [0.3, 0.4) is 0 Å². The molecule has 0 aromatic rings. The van der Waals surface area contributed by atoms with Crippen molar-refractivity contribution in [1.29, 1.82) is 0 Å². The third-order valence-electron chi connectivity index (χ3n) is 8.47. The lowest BCUT2D eigenvalue weighted by molar-refractivity contribution is -0.193. The Labute approximate surface area is 227 Å². The van der Waals surface area contributed by atoms with Crippen molar-refractivity contribution in [3.05, 3.63) is 12.2 Å². The van der Waals surface area contributed by atoms with E-state index >= 15 is 0 Å². The highest BCUT2D eigenvalue weighted by atomic mass is 35.5. The lowest BCUT2D eigenvalue weighted by Gasteiger charge is -2.30. The van der Waals surface area contributed by atoms with Gasteiger partial charge in [-0.05, 0) is 69.6 Å². The molecule has 0 bridgehead atoms. The summed E-state index contributed by atoms with van der Waals surface area (Å²) in [5.41, 5.74) is 0. The Morgan fingerprint density at radius 3 is 2.22 bits per heavy atom. The van der Waals surface area contributed by atoms with E-state index in [0.717, 1.165) is 57.6 Å². The van der Waals surface area contributed by atoms with Crippen LogP contribution in [0.5, 0.6) is 0 Å². The number of hydrogen-bond donors (Lipinski definition) is 0. The van der Waals surface area contributed by atoms with Crippen molar-refractivity contribution < 1.29 is 18.9 Å². The minimum Gasteiger partial charge on any atom is -0.353 e. The molecule has 36 heavy (non-hydrogen) atoms. The first-order valence-corrected chi connectivity index (χ1v) is 16.1. The monoisotopic (exact) mass is 526 g/mol. The zero-order valence-electron chi connectivity index (χ0n) is 23.3. The van der Waals surface area contributed by atoms with Crippen LogP contribution >= 0.6 is 11.6 Å². The lowest BCUT2D eigenvalue weighted by atomic mass is 9.84. The quantitative estimate of drug-likeness (QED) is 0.108. The van der Waals surface area contributed by atoms with Gasteiger partial charge in [0.2, 0.25) is 0 Å². The largest absolute Gasteiger partial charge is 0.353 e. The molecule has 5 heteroatoms. The molecule has 1 saturated carbocycles. The highest BCUT2D eigenvalue weighted by Crippen LogP contribution is 2.44. The van der Waals surface area contributed by atoms with Crippen molar-refractivity contribution in [3.8, 4) is 0 Å². The molecular weight excluding hydrogens is 472 g/mol. The fourth-order valence-electron chi connectivity index (χ4n) is 6.31. The van der Waals surface area contributed by atoms with Gasteiger partial charge >= 0.3 is 0 Å². The summed E-state index contributed by atoms with van der Waals surface area (Å²) in [4.78, 5) is 0. The molecule has 210 valence electrons. The van der Waals surface area contributed by atoms with Crippen molar-refractivity contribution in [1.82, 2.24) is 0 Å². The van der Waals surface area contributed by atoms with Crippen LogP contribution in [0.25, 0.3) is 0 Å². The number of alkyl halides is 1. The van der Waals surface area contributed by atoms with Crippen molar-refractivity contribution >= 4 is 11.6 Å². The molecule has 2 heterocycles. The first-order valence-electron chi connectivity index (χ1n) is 15.5. The molecule has 0 radical (unpaired) electrons. The zero-order chi connectivity index (χ0) is 25.4. The summed E-state index contributed by atoms with van der Waals surface area (Å²) in [5.74, 6) is 2.20. The molecule has 0 aromatic heterocycles. The molecule has 1 aliphatic carbocycles. The minimum absolute atomic E-state index is 0.0498. The van der Waals surface area contributed by atoms with Gasteiger partial charge < -0.3 is 18.9 Å². The summed E-state index contributed by atoms with van der Waals surface area (Å²) in [6.45, 7) is 6.20. The van der Waals surface area contributed by atoms with E-state index < -0.39 is 0 Å². The Balaban J connectivity index is 1.69. The Morgan fingerprint density at radius 2 is 1.56 bits per heavy atom. The van der Waals surface area contributed by atoms with Gasteiger partial charge in [-0.1, -0.05) is 77.4 Å². The van der Waals surface area contributed by atoms with Crippen LogP contribution in [-0.4, -0.2) is 43.9 Å². The summed E-state index contributed by atoms with van der Waals surface area (Å²) in [6.07, 6.45) is 25.4. The molecule has 0 spiro atoms. The van der Waals surface area contributed by atoms with Gasteiger partial charge in [0, 0.05) is 25.0 Å². The maximum atomic E-state index is 6.66. The maximum Gasteiger partial charge on any atom is 0.158 e. The number of rotatable bonds is 17. The summed E-state index contributed by atoms with van der Waals surface area (Å²) in [7, 11) is 0. The molecule has 4 nitrogen and oxygen atoms in total. The zero-order valence-corrected chi connectivity index (χ0v) is 24.1. The standard InChI is InChI=1S/C31H55ClO4/c1-3-5-7-8-10-16-27-25(24-32)23-29(36-31-18-12-14-22-34-31)28(27)20-19-26(15-9-6-4-2)35-30-17-11-13-21-33-30/h19-20,25-31H,3-18,21-24H2,1-2H3/t25-,26?,27-,28+,29+,30?,31?/m0/s1. The number of hydrogen-bond acceptors (Lipinski definition) is 4. The second-order valence-electron chi connectivity index (χ2n) is 11.4. The topological polar surface area (TPSA) is 36.9 Å². The second-order valence-corrected chi connectivity index (χ2v) is 11.7. The summed E-state index contributed by atoms with van der Waals surface area (Å²) in [5, 5.41) is 0. The van der Waals surface area contributed by atoms with Gasteiger partial charge in [-0.15, -0.1) is 11.6 Å². The van der Waals surface area contributed by atoms with Gasteiger partial charge in [-0.3, -0.25) is 0 Å². The Hall–Kier alpha value is -0.130. The van der Waals surface area contributed by atoms with Gasteiger partial charge in [0.1, 0.15) is 0 Å². The minimum atomic E-state index is -0.0498. The number of ether oxygens (including phenoxy) is 4. The van der Waals surface area contributed by atoms with Crippen LogP contribution in [-0.2, 0) is 18.9 Å². The Kier molecular flexibility index (Phi) is 15.4. The van der Waals surface area contributed by atoms with Gasteiger partial charge in [-0.25, -0.2) is 0 Å². The fraction of sp³-hybridized carbons (Fsp3) is 0.935. The van der Waals surface area contributed by atoms with E-state index in [0.29, 0.717) is 17.8 Å². The summed E-state index contributed by atoms with van der Waals surface area (Å²) in [6, 6.07) is 0. The fourth-order valence-corrected chi connectivity index (χ4v) is 6.66. The van der Waals surface area contributed by atoms with E-state index in [1.165, 1.54) is 70.6 Å². The molecule has 0 aromatic carbocycles. The number of unbranched alkanes of at least 4 members (excludes halogenated alkanes) is 6. The van der Waals surface area contributed by atoms with Crippen LogP contribution in [0.15, 0.2) is 12.2 Å². The normalized spacial score (nSPS) is 32.3. The first kappa shape index (κ1) is 30.4. The highest BCUT2D eigenvalue weighted by molar-refractivity contribution is 6.18. The van der Waals surface area contributed by atoms with Crippen molar-refractivity contribution in [2.75, 3.05) is 19.1 Å². The molecule has 3 fully saturated rings. The van der Waals surface area contributed by atoms with Crippen LogP contribution in [0.1, 0.15) is 123 Å². The molecule has 2 saturated heterocycles. The SMILES string of the molecule is CCCCCCC[C@H]1[C@H](CCl)C[C@@H](OC2CCCCO2)[C@@H]1C=CC(CCCCC)OC1CCCCO1. The van der Waals surface area contributed by atoms with Crippen molar-refractivity contribution in [2.45, 2.75) is 148 Å². The van der Waals surface area contributed by atoms with E-state index in [4.69, 9.17) is 30.5 Å². The smallest absolute Gasteiger partial charge is 0.158 e. The molecule has 7 atom stereocenters.